The van der Waals surface area contributed by atoms with Gasteiger partial charge in [-0.05, 0) is 36.0 Å². The molecule has 0 amide bonds. The van der Waals surface area contributed by atoms with E-state index in [1.165, 1.54) is 11.3 Å². The molecule has 1 fully saturated rings. The molecule has 5 rings (SSSR count). The van der Waals surface area contributed by atoms with E-state index >= 15 is 0 Å². The number of halogens is 1. The van der Waals surface area contributed by atoms with Crippen LogP contribution in [0.2, 0.25) is 5.02 Å². The molecule has 2 aliphatic rings. The first-order valence-electron chi connectivity index (χ1n) is 8.68. The van der Waals surface area contributed by atoms with Gasteiger partial charge in [0.2, 0.25) is 0 Å². The first-order chi connectivity index (χ1) is 12.3. The van der Waals surface area contributed by atoms with Gasteiger partial charge in [-0.3, -0.25) is 0 Å². The Hall–Kier alpha value is -2.30. The minimum atomic E-state index is 0.367. The van der Waals surface area contributed by atoms with Crippen molar-refractivity contribution in [1.29, 1.82) is 0 Å². The second kappa shape index (κ2) is 5.90. The summed E-state index contributed by atoms with van der Waals surface area (Å²) in [6, 6.07) is 14.5. The molecule has 0 saturated carbocycles. The fourth-order valence-electron chi connectivity index (χ4n) is 4.00. The lowest BCUT2D eigenvalue weighted by Gasteiger charge is -2.13. The van der Waals surface area contributed by atoms with Crippen LogP contribution in [0.3, 0.4) is 0 Å². The van der Waals surface area contributed by atoms with Crippen LogP contribution in [0.1, 0.15) is 5.69 Å². The Morgan fingerprint density at radius 3 is 2.88 bits per heavy atom. The van der Waals surface area contributed by atoms with Gasteiger partial charge in [0.05, 0.1) is 11.4 Å². The third-order valence-electron chi connectivity index (χ3n) is 5.26. The summed E-state index contributed by atoms with van der Waals surface area (Å²) in [6.45, 7) is 2.10. The van der Waals surface area contributed by atoms with Crippen molar-refractivity contribution >= 4 is 17.2 Å². The van der Waals surface area contributed by atoms with E-state index in [0.717, 1.165) is 41.4 Å². The van der Waals surface area contributed by atoms with E-state index in [9.17, 15) is 0 Å². The molecule has 25 heavy (non-hydrogen) atoms. The van der Waals surface area contributed by atoms with Gasteiger partial charge in [-0.15, -0.1) is 0 Å². The largest absolute Gasteiger partial charge is 0.390 e. The first-order valence-corrected chi connectivity index (χ1v) is 9.06. The van der Waals surface area contributed by atoms with Gasteiger partial charge in [-0.25, -0.2) is 4.98 Å². The van der Waals surface area contributed by atoms with Crippen LogP contribution in [-0.2, 0) is 6.42 Å². The molecule has 2 unspecified atom stereocenters. The highest BCUT2D eigenvalue weighted by atomic mass is 35.5. The smallest absolute Gasteiger partial charge is 0.137 e. The Balaban J connectivity index is 1.60. The zero-order valence-electron chi connectivity index (χ0n) is 13.7. The molecule has 0 radical (unpaired) electrons. The molecule has 2 N–H and O–H groups in total. The van der Waals surface area contributed by atoms with Crippen molar-refractivity contribution in [3.8, 4) is 11.3 Å². The standard InChI is InChI=1S/C20H19ClN4/c21-15-6-4-13(5-7-15)20-18(25-8-2-1-3-19(25)24-20)9-17-16-12-22-10-14(16)11-23-17/h1-8,12,14,17,22-23H,9-11H2. The maximum atomic E-state index is 6.07. The van der Waals surface area contributed by atoms with E-state index in [-0.39, 0.29) is 0 Å². The van der Waals surface area contributed by atoms with Gasteiger partial charge in [0.25, 0.3) is 0 Å². The van der Waals surface area contributed by atoms with Crippen LogP contribution in [-0.4, -0.2) is 28.5 Å². The van der Waals surface area contributed by atoms with Crippen LogP contribution >= 0.6 is 11.6 Å². The summed E-state index contributed by atoms with van der Waals surface area (Å²) in [5.41, 5.74) is 5.86. The van der Waals surface area contributed by atoms with Gasteiger partial charge in [-0.1, -0.05) is 29.8 Å². The predicted octanol–water partition coefficient (Wildman–Crippen LogP) is 3.27. The summed E-state index contributed by atoms with van der Waals surface area (Å²) in [6.07, 6.45) is 5.22. The van der Waals surface area contributed by atoms with Crippen molar-refractivity contribution < 1.29 is 0 Å². The van der Waals surface area contributed by atoms with Gasteiger partial charge in [0.15, 0.2) is 0 Å². The van der Waals surface area contributed by atoms with Crippen molar-refractivity contribution in [2.45, 2.75) is 12.5 Å². The lowest BCUT2D eigenvalue weighted by atomic mass is 9.97. The Morgan fingerprint density at radius 1 is 1.12 bits per heavy atom. The molecule has 5 heteroatoms. The number of fused-ring (bicyclic) bond motifs is 2. The predicted molar refractivity (Wildman–Crippen MR) is 101 cm³/mol. The van der Waals surface area contributed by atoms with Gasteiger partial charge < -0.3 is 15.0 Å². The Bertz CT molecular complexity index is 957. The van der Waals surface area contributed by atoms with E-state index in [0.29, 0.717) is 12.0 Å². The number of nitrogens with zero attached hydrogens (tertiary/aromatic N) is 2. The maximum absolute atomic E-state index is 6.07. The highest BCUT2D eigenvalue weighted by Gasteiger charge is 2.33. The number of pyridine rings is 1. The molecule has 126 valence electrons. The lowest BCUT2D eigenvalue weighted by molar-refractivity contribution is 0.616. The summed E-state index contributed by atoms with van der Waals surface area (Å²) in [5, 5.41) is 7.81. The Morgan fingerprint density at radius 2 is 2.00 bits per heavy atom. The van der Waals surface area contributed by atoms with Gasteiger partial charge in [0, 0.05) is 48.3 Å². The number of hydrogen-bond donors (Lipinski definition) is 2. The second-order valence-electron chi connectivity index (χ2n) is 6.76. The van der Waals surface area contributed by atoms with Crippen LogP contribution in [0.4, 0.5) is 0 Å². The number of nitrogens with one attached hydrogen (secondary N) is 2. The van der Waals surface area contributed by atoms with E-state index in [1.807, 2.05) is 18.2 Å². The van der Waals surface area contributed by atoms with Crippen LogP contribution in [0.5, 0.6) is 0 Å². The SMILES string of the molecule is Clc1ccc(-c2nc3ccccn3c2CC2NCC3CNC=C32)cc1. The number of hydrogen-bond acceptors (Lipinski definition) is 3. The minimum absolute atomic E-state index is 0.367. The second-order valence-corrected chi connectivity index (χ2v) is 7.19. The number of rotatable bonds is 3. The van der Waals surface area contributed by atoms with Crippen molar-refractivity contribution in [3.05, 3.63) is 71.2 Å². The lowest BCUT2D eigenvalue weighted by Crippen LogP contribution is -2.27. The molecule has 4 heterocycles. The Labute approximate surface area is 151 Å². The van der Waals surface area contributed by atoms with Crippen LogP contribution in [0.25, 0.3) is 16.9 Å². The van der Waals surface area contributed by atoms with Gasteiger partial charge in [-0.2, -0.15) is 0 Å². The van der Waals surface area contributed by atoms with Crippen LogP contribution in [0, 0.1) is 5.92 Å². The summed E-state index contributed by atoms with van der Waals surface area (Å²) in [4.78, 5) is 4.90. The molecule has 2 aromatic heterocycles. The van der Waals surface area contributed by atoms with Crippen molar-refractivity contribution in [2.75, 3.05) is 13.1 Å². The van der Waals surface area contributed by atoms with Crippen LogP contribution in [0.15, 0.2) is 60.4 Å². The third-order valence-corrected chi connectivity index (χ3v) is 5.51. The third kappa shape index (κ3) is 2.53. The van der Waals surface area contributed by atoms with Crippen molar-refractivity contribution in [1.82, 2.24) is 20.0 Å². The summed E-state index contributed by atoms with van der Waals surface area (Å²) in [7, 11) is 0. The minimum Gasteiger partial charge on any atom is -0.390 e. The molecular formula is C20H19ClN4. The fraction of sp³-hybridized carbons (Fsp3) is 0.250. The average Bonchev–Trinajstić information content (AvgIpc) is 3.32. The van der Waals surface area contributed by atoms with E-state index in [4.69, 9.17) is 16.6 Å². The summed E-state index contributed by atoms with van der Waals surface area (Å²) < 4.78 is 2.21. The van der Waals surface area contributed by atoms with Crippen LogP contribution < -0.4 is 10.6 Å². The molecule has 2 atom stereocenters. The zero-order valence-corrected chi connectivity index (χ0v) is 14.5. The molecule has 1 saturated heterocycles. The topological polar surface area (TPSA) is 41.4 Å². The fourth-order valence-corrected chi connectivity index (χ4v) is 4.12. The number of aromatic nitrogens is 2. The Kier molecular flexibility index (Phi) is 3.54. The van der Waals surface area contributed by atoms with E-state index < -0.39 is 0 Å². The molecule has 4 nitrogen and oxygen atoms in total. The normalized spacial score (nSPS) is 22.0. The molecule has 0 bridgehead atoms. The van der Waals surface area contributed by atoms with Gasteiger partial charge in [0.1, 0.15) is 5.65 Å². The number of imidazole rings is 1. The monoisotopic (exact) mass is 350 g/mol. The van der Waals surface area contributed by atoms with E-state index in [2.05, 4.69) is 51.7 Å². The number of benzene rings is 1. The highest BCUT2D eigenvalue weighted by Crippen LogP contribution is 2.31. The van der Waals surface area contributed by atoms with E-state index in [1.54, 1.807) is 0 Å². The maximum Gasteiger partial charge on any atom is 0.137 e. The molecule has 2 aliphatic heterocycles. The summed E-state index contributed by atoms with van der Waals surface area (Å²) in [5.74, 6) is 0.628. The molecule has 3 aromatic rings. The van der Waals surface area contributed by atoms with Crippen molar-refractivity contribution in [2.24, 2.45) is 5.92 Å². The molecule has 1 aromatic carbocycles. The van der Waals surface area contributed by atoms with Crippen molar-refractivity contribution in [3.63, 3.8) is 0 Å². The average molecular weight is 351 g/mol. The molecule has 0 aliphatic carbocycles. The summed E-state index contributed by atoms with van der Waals surface area (Å²) >= 11 is 6.07. The molecule has 0 spiro atoms. The van der Waals surface area contributed by atoms with Gasteiger partial charge >= 0.3 is 0 Å². The quantitative estimate of drug-likeness (QED) is 0.761. The zero-order chi connectivity index (χ0) is 16.8. The first kappa shape index (κ1) is 15.0. The molecular weight excluding hydrogens is 332 g/mol. The highest BCUT2D eigenvalue weighted by molar-refractivity contribution is 6.30.